The molecule has 18 heavy (non-hydrogen) atoms. The van der Waals surface area contributed by atoms with E-state index in [1.807, 2.05) is 0 Å². The molecule has 3 N–H and O–H groups in total. The van der Waals surface area contributed by atoms with Gasteiger partial charge in [0.05, 0.1) is 25.5 Å². The first kappa shape index (κ1) is 14.8. The van der Waals surface area contributed by atoms with Crippen molar-refractivity contribution in [3.05, 3.63) is 18.5 Å². The van der Waals surface area contributed by atoms with Crippen LogP contribution in [0.15, 0.2) is 23.4 Å². The summed E-state index contributed by atoms with van der Waals surface area (Å²) in [6, 6.07) is 1.43. The number of nitrogens with two attached hydrogens (primary N) is 1. The van der Waals surface area contributed by atoms with Gasteiger partial charge in [-0.25, -0.2) is 13.1 Å². The Labute approximate surface area is 106 Å². The van der Waals surface area contributed by atoms with Gasteiger partial charge in [0.1, 0.15) is 4.90 Å². The molecule has 1 rings (SSSR count). The number of pyridine rings is 1. The van der Waals surface area contributed by atoms with E-state index in [0.717, 1.165) is 0 Å². The average molecular weight is 275 g/mol. The van der Waals surface area contributed by atoms with Gasteiger partial charge in [-0.05, 0) is 6.07 Å². The standard InChI is InChI=1S/C10H17N3O4S/c1-16-6-7-17-5-4-13-18(14,15)10-8-12-3-2-9(10)11/h2-3,8,13H,4-7H2,1H3,(H2,11,12). The van der Waals surface area contributed by atoms with E-state index in [9.17, 15) is 8.42 Å². The van der Waals surface area contributed by atoms with E-state index in [2.05, 4.69) is 9.71 Å². The molecule has 8 heteroatoms. The van der Waals surface area contributed by atoms with Crippen molar-refractivity contribution in [3.8, 4) is 0 Å². The molecule has 0 spiro atoms. The number of anilines is 1. The van der Waals surface area contributed by atoms with Crippen molar-refractivity contribution < 1.29 is 17.9 Å². The molecule has 7 nitrogen and oxygen atoms in total. The lowest BCUT2D eigenvalue weighted by Gasteiger charge is -2.08. The van der Waals surface area contributed by atoms with Crippen LogP contribution in [-0.2, 0) is 19.5 Å². The second-order valence-electron chi connectivity index (χ2n) is 3.42. The maximum Gasteiger partial charge on any atom is 0.244 e. The van der Waals surface area contributed by atoms with E-state index >= 15 is 0 Å². The molecule has 0 aliphatic rings. The van der Waals surface area contributed by atoms with Gasteiger partial charge in [-0.15, -0.1) is 0 Å². The number of aromatic nitrogens is 1. The quantitative estimate of drug-likeness (QED) is 0.626. The van der Waals surface area contributed by atoms with E-state index in [4.69, 9.17) is 15.2 Å². The molecule has 0 saturated heterocycles. The van der Waals surface area contributed by atoms with Gasteiger partial charge < -0.3 is 15.2 Å². The Hall–Kier alpha value is -1.22. The second-order valence-corrected chi connectivity index (χ2v) is 5.15. The first-order valence-electron chi connectivity index (χ1n) is 5.34. The normalized spacial score (nSPS) is 11.6. The van der Waals surface area contributed by atoms with Gasteiger partial charge in [0.15, 0.2) is 0 Å². The number of sulfonamides is 1. The first-order valence-corrected chi connectivity index (χ1v) is 6.82. The summed E-state index contributed by atoms with van der Waals surface area (Å²) in [6.45, 7) is 1.33. The van der Waals surface area contributed by atoms with Crippen LogP contribution >= 0.6 is 0 Å². The Morgan fingerprint density at radius 3 is 2.83 bits per heavy atom. The zero-order chi connectivity index (χ0) is 13.4. The number of nitrogens with zero attached hydrogens (tertiary/aromatic N) is 1. The molecule has 1 heterocycles. The highest BCUT2D eigenvalue weighted by molar-refractivity contribution is 7.89. The highest BCUT2D eigenvalue weighted by Crippen LogP contribution is 2.14. The van der Waals surface area contributed by atoms with Crippen LogP contribution < -0.4 is 10.5 Å². The lowest BCUT2D eigenvalue weighted by molar-refractivity contribution is 0.0736. The molecule has 0 aromatic carbocycles. The van der Waals surface area contributed by atoms with E-state index in [-0.39, 0.29) is 23.7 Å². The van der Waals surface area contributed by atoms with E-state index in [1.54, 1.807) is 7.11 Å². The van der Waals surface area contributed by atoms with Crippen LogP contribution in [0.25, 0.3) is 0 Å². The summed E-state index contributed by atoms with van der Waals surface area (Å²) in [5, 5.41) is 0. The van der Waals surface area contributed by atoms with Crippen molar-refractivity contribution in [1.82, 2.24) is 9.71 Å². The largest absolute Gasteiger partial charge is 0.398 e. The van der Waals surface area contributed by atoms with Gasteiger partial charge in [0, 0.05) is 26.0 Å². The van der Waals surface area contributed by atoms with Crippen molar-refractivity contribution in [2.75, 3.05) is 39.2 Å². The van der Waals surface area contributed by atoms with Gasteiger partial charge in [-0.2, -0.15) is 0 Å². The van der Waals surface area contributed by atoms with Crippen LogP contribution in [0.2, 0.25) is 0 Å². The fourth-order valence-corrected chi connectivity index (χ4v) is 2.27. The Balaban J connectivity index is 2.44. The lowest BCUT2D eigenvalue weighted by atomic mass is 10.4. The van der Waals surface area contributed by atoms with Crippen LogP contribution in [0.1, 0.15) is 0 Å². The van der Waals surface area contributed by atoms with Crippen molar-refractivity contribution in [1.29, 1.82) is 0 Å². The molecular weight excluding hydrogens is 258 g/mol. The van der Waals surface area contributed by atoms with Crippen LogP contribution in [0.3, 0.4) is 0 Å². The van der Waals surface area contributed by atoms with Crippen LogP contribution in [-0.4, -0.2) is 46.9 Å². The monoisotopic (exact) mass is 275 g/mol. The first-order chi connectivity index (χ1) is 8.58. The van der Waals surface area contributed by atoms with Gasteiger partial charge in [-0.3, -0.25) is 4.98 Å². The second kappa shape index (κ2) is 7.27. The minimum absolute atomic E-state index is 0.0260. The molecule has 0 fully saturated rings. The zero-order valence-corrected chi connectivity index (χ0v) is 10.9. The van der Waals surface area contributed by atoms with Crippen molar-refractivity contribution in [3.63, 3.8) is 0 Å². The fraction of sp³-hybridized carbons (Fsp3) is 0.500. The van der Waals surface area contributed by atoms with Crippen molar-refractivity contribution >= 4 is 15.7 Å². The highest BCUT2D eigenvalue weighted by atomic mass is 32.2. The predicted molar refractivity (Wildman–Crippen MR) is 66.5 cm³/mol. The number of hydrogen-bond acceptors (Lipinski definition) is 6. The Kier molecular flexibility index (Phi) is 5.99. The Morgan fingerprint density at radius 2 is 2.17 bits per heavy atom. The molecule has 0 amide bonds. The van der Waals surface area contributed by atoms with E-state index in [0.29, 0.717) is 13.2 Å². The van der Waals surface area contributed by atoms with Crippen LogP contribution in [0, 0.1) is 0 Å². The third-order valence-corrected chi connectivity index (χ3v) is 3.58. The van der Waals surface area contributed by atoms with E-state index < -0.39 is 10.0 Å². The molecule has 102 valence electrons. The van der Waals surface area contributed by atoms with Crippen LogP contribution in [0.5, 0.6) is 0 Å². The Bertz CT molecular complexity index is 464. The number of hydrogen-bond donors (Lipinski definition) is 2. The summed E-state index contributed by atoms with van der Waals surface area (Å²) in [6.07, 6.45) is 2.64. The van der Waals surface area contributed by atoms with Gasteiger partial charge >= 0.3 is 0 Å². The minimum atomic E-state index is -3.63. The zero-order valence-electron chi connectivity index (χ0n) is 10.1. The molecule has 0 saturated carbocycles. The topological polar surface area (TPSA) is 104 Å². The van der Waals surface area contributed by atoms with Crippen molar-refractivity contribution in [2.45, 2.75) is 4.90 Å². The molecular formula is C10H17N3O4S. The fourth-order valence-electron chi connectivity index (χ4n) is 1.19. The molecule has 0 aliphatic heterocycles. The van der Waals surface area contributed by atoms with Gasteiger partial charge in [0.25, 0.3) is 0 Å². The molecule has 1 aromatic rings. The maximum atomic E-state index is 11.8. The van der Waals surface area contributed by atoms with Gasteiger partial charge in [0.2, 0.25) is 10.0 Å². The number of nitrogen functional groups attached to an aromatic ring is 1. The smallest absolute Gasteiger partial charge is 0.244 e. The van der Waals surface area contributed by atoms with Gasteiger partial charge in [-0.1, -0.05) is 0 Å². The third kappa shape index (κ3) is 4.57. The number of methoxy groups -OCH3 is 1. The summed E-state index contributed by atoms with van der Waals surface area (Å²) < 4.78 is 36.0. The number of rotatable bonds is 8. The SMILES string of the molecule is COCCOCCNS(=O)(=O)c1cnccc1N. The third-order valence-electron chi connectivity index (χ3n) is 2.08. The Morgan fingerprint density at radius 1 is 1.39 bits per heavy atom. The van der Waals surface area contributed by atoms with Crippen molar-refractivity contribution in [2.24, 2.45) is 0 Å². The summed E-state index contributed by atoms with van der Waals surface area (Å²) in [7, 11) is -2.07. The highest BCUT2D eigenvalue weighted by Gasteiger charge is 2.16. The predicted octanol–water partition coefficient (Wildman–Crippen LogP) is -0.395. The summed E-state index contributed by atoms with van der Waals surface area (Å²) >= 11 is 0. The summed E-state index contributed by atoms with van der Waals surface area (Å²) in [4.78, 5) is 3.71. The summed E-state index contributed by atoms with van der Waals surface area (Å²) in [5.41, 5.74) is 5.73. The van der Waals surface area contributed by atoms with Crippen LogP contribution in [0.4, 0.5) is 5.69 Å². The molecule has 0 unspecified atom stereocenters. The number of nitrogens with one attached hydrogen (secondary N) is 1. The lowest BCUT2D eigenvalue weighted by Crippen LogP contribution is -2.28. The average Bonchev–Trinajstić information content (AvgIpc) is 2.34. The molecule has 0 bridgehead atoms. The molecule has 0 atom stereocenters. The molecule has 0 aliphatic carbocycles. The summed E-state index contributed by atoms with van der Waals surface area (Å²) in [5.74, 6) is 0. The molecule has 1 aromatic heterocycles. The molecule has 0 radical (unpaired) electrons. The number of ether oxygens (including phenoxy) is 2. The maximum absolute atomic E-state index is 11.8. The van der Waals surface area contributed by atoms with E-state index in [1.165, 1.54) is 18.5 Å². The minimum Gasteiger partial charge on any atom is -0.398 e.